The first kappa shape index (κ1) is 14.5. The average Bonchev–Trinajstić information content (AvgIpc) is 3.06. The third-order valence-electron chi connectivity index (χ3n) is 3.35. The lowest BCUT2D eigenvalue weighted by Crippen LogP contribution is -2.38. The topological polar surface area (TPSA) is 41.1 Å². The molecule has 0 aromatic carbocycles. The van der Waals surface area contributed by atoms with Crippen LogP contribution in [0.4, 0.5) is 0 Å². The van der Waals surface area contributed by atoms with Gasteiger partial charge in [-0.1, -0.05) is 27.2 Å². The largest absolute Gasteiger partial charge is 0.353 e. The van der Waals surface area contributed by atoms with E-state index in [1.54, 1.807) is 0 Å². The third-order valence-corrected chi connectivity index (χ3v) is 3.35. The van der Waals surface area contributed by atoms with Crippen LogP contribution in [-0.2, 0) is 4.79 Å². The Labute approximate surface area is 106 Å². The maximum Gasteiger partial charge on any atom is 0.220 e. The van der Waals surface area contributed by atoms with Crippen molar-refractivity contribution >= 4 is 5.91 Å². The van der Waals surface area contributed by atoms with Crippen LogP contribution in [-0.4, -0.2) is 25.0 Å². The molecule has 100 valence electrons. The van der Waals surface area contributed by atoms with Crippen LogP contribution in [0.3, 0.4) is 0 Å². The van der Waals surface area contributed by atoms with E-state index < -0.39 is 0 Å². The predicted octanol–water partition coefficient (Wildman–Crippen LogP) is 2.32. The number of nitrogens with one attached hydrogen (secondary N) is 2. The Morgan fingerprint density at radius 3 is 2.47 bits per heavy atom. The van der Waals surface area contributed by atoms with Crippen LogP contribution >= 0.6 is 0 Å². The highest BCUT2D eigenvalue weighted by molar-refractivity contribution is 5.76. The highest BCUT2D eigenvalue weighted by atomic mass is 16.1. The first-order chi connectivity index (χ1) is 8.17. The minimum atomic E-state index is 0.270. The summed E-state index contributed by atoms with van der Waals surface area (Å²) < 4.78 is 0. The molecular weight excluding hydrogens is 212 g/mol. The predicted molar refractivity (Wildman–Crippen MR) is 71.9 cm³/mol. The van der Waals surface area contributed by atoms with Crippen molar-refractivity contribution in [1.82, 2.24) is 10.6 Å². The van der Waals surface area contributed by atoms with E-state index >= 15 is 0 Å². The van der Waals surface area contributed by atoms with Gasteiger partial charge in [-0.25, -0.2) is 0 Å². The Morgan fingerprint density at radius 2 is 1.94 bits per heavy atom. The SMILES string of the molecule is CCC.C[C@@H]1CNCC[C@H]1CC(=O)NC1CC1. The molecule has 2 atom stereocenters. The summed E-state index contributed by atoms with van der Waals surface area (Å²) in [7, 11) is 0. The van der Waals surface area contributed by atoms with Crippen molar-refractivity contribution in [2.75, 3.05) is 13.1 Å². The molecule has 0 bridgehead atoms. The molecule has 3 nitrogen and oxygen atoms in total. The lowest BCUT2D eigenvalue weighted by molar-refractivity contribution is -0.122. The van der Waals surface area contributed by atoms with Crippen LogP contribution in [0.15, 0.2) is 0 Å². The second-order valence-electron chi connectivity index (χ2n) is 5.48. The van der Waals surface area contributed by atoms with Gasteiger partial charge < -0.3 is 10.6 Å². The molecule has 0 aromatic heterocycles. The van der Waals surface area contributed by atoms with Gasteiger partial charge in [-0.15, -0.1) is 0 Å². The molecule has 1 amide bonds. The number of amides is 1. The van der Waals surface area contributed by atoms with E-state index in [1.165, 1.54) is 19.3 Å². The van der Waals surface area contributed by atoms with Crippen molar-refractivity contribution in [2.24, 2.45) is 11.8 Å². The normalized spacial score (nSPS) is 27.9. The van der Waals surface area contributed by atoms with E-state index in [0.717, 1.165) is 25.9 Å². The summed E-state index contributed by atoms with van der Waals surface area (Å²) in [6.07, 6.45) is 5.51. The number of carbonyl (C=O) groups excluding carboxylic acids is 1. The lowest BCUT2D eigenvalue weighted by Gasteiger charge is -2.28. The molecule has 17 heavy (non-hydrogen) atoms. The molecule has 2 rings (SSSR count). The average molecular weight is 240 g/mol. The van der Waals surface area contributed by atoms with E-state index in [2.05, 4.69) is 31.4 Å². The number of hydrogen-bond acceptors (Lipinski definition) is 2. The van der Waals surface area contributed by atoms with Crippen LogP contribution in [0, 0.1) is 11.8 Å². The van der Waals surface area contributed by atoms with Crippen LogP contribution < -0.4 is 10.6 Å². The Bertz CT molecular complexity index is 226. The second kappa shape index (κ2) is 7.70. The third kappa shape index (κ3) is 6.06. The summed E-state index contributed by atoms with van der Waals surface area (Å²) in [4.78, 5) is 11.6. The Kier molecular flexibility index (Phi) is 6.56. The number of rotatable bonds is 3. The van der Waals surface area contributed by atoms with Gasteiger partial charge in [0, 0.05) is 12.5 Å². The zero-order valence-electron chi connectivity index (χ0n) is 11.6. The van der Waals surface area contributed by atoms with Gasteiger partial charge in [0.1, 0.15) is 0 Å². The molecule has 2 aliphatic rings. The fourth-order valence-corrected chi connectivity index (χ4v) is 2.12. The monoisotopic (exact) mass is 240 g/mol. The molecule has 1 heterocycles. The van der Waals surface area contributed by atoms with Crippen molar-refractivity contribution in [2.45, 2.75) is 58.9 Å². The van der Waals surface area contributed by atoms with Gasteiger partial charge in [0.25, 0.3) is 0 Å². The Morgan fingerprint density at radius 1 is 1.29 bits per heavy atom. The maximum absolute atomic E-state index is 11.6. The van der Waals surface area contributed by atoms with Gasteiger partial charge in [-0.2, -0.15) is 0 Å². The maximum atomic E-state index is 11.6. The smallest absolute Gasteiger partial charge is 0.220 e. The van der Waals surface area contributed by atoms with Crippen molar-refractivity contribution in [3.8, 4) is 0 Å². The van der Waals surface area contributed by atoms with E-state index in [-0.39, 0.29) is 5.91 Å². The van der Waals surface area contributed by atoms with Gasteiger partial charge in [0.15, 0.2) is 0 Å². The molecule has 0 spiro atoms. The fraction of sp³-hybridized carbons (Fsp3) is 0.929. The molecule has 3 heteroatoms. The standard InChI is InChI=1S/C11H20N2O.C3H8/c1-8-7-12-5-4-9(8)6-11(14)13-10-2-3-10;1-3-2/h8-10,12H,2-7H2,1H3,(H,13,14);3H2,1-2H3/t8-,9+;/m1./s1. The van der Waals surface area contributed by atoms with Gasteiger partial charge >= 0.3 is 0 Å². The van der Waals surface area contributed by atoms with Crippen molar-refractivity contribution < 1.29 is 4.79 Å². The van der Waals surface area contributed by atoms with Crippen LogP contribution in [0.25, 0.3) is 0 Å². The van der Waals surface area contributed by atoms with Gasteiger partial charge in [-0.05, 0) is 44.2 Å². The first-order valence-electron chi connectivity index (χ1n) is 7.17. The van der Waals surface area contributed by atoms with Gasteiger partial charge in [0.05, 0.1) is 0 Å². The van der Waals surface area contributed by atoms with Crippen LogP contribution in [0.2, 0.25) is 0 Å². The molecular formula is C14H28N2O. The zero-order valence-corrected chi connectivity index (χ0v) is 11.6. The molecule has 2 fully saturated rings. The highest BCUT2D eigenvalue weighted by Gasteiger charge is 2.27. The van der Waals surface area contributed by atoms with Crippen molar-refractivity contribution in [3.05, 3.63) is 0 Å². The molecule has 0 aromatic rings. The summed E-state index contributed by atoms with van der Waals surface area (Å²) in [5.74, 6) is 1.51. The molecule has 2 N–H and O–H groups in total. The zero-order chi connectivity index (χ0) is 12.7. The number of hydrogen-bond donors (Lipinski definition) is 2. The molecule has 1 aliphatic carbocycles. The molecule has 1 saturated carbocycles. The Balaban J connectivity index is 0.000000437. The minimum Gasteiger partial charge on any atom is -0.353 e. The summed E-state index contributed by atoms with van der Waals surface area (Å²) in [6.45, 7) is 8.63. The quantitative estimate of drug-likeness (QED) is 0.795. The minimum absolute atomic E-state index is 0.270. The van der Waals surface area contributed by atoms with Gasteiger partial charge in [0.2, 0.25) is 5.91 Å². The van der Waals surface area contributed by atoms with E-state index in [4.69, 9.17) is 0 Å². The van der Waals surface area contributed by atoms with Crippen LogP contribution in [0.1, 0.15) is 52.9 Å². The van der Waals surface area contributed by atoms with Gasteiger partial charge in [-0.3, -0.25) is 4.79 Å². The second-order valence-corrected chi connectivity index (χ2v) is 5.48. The van der Waals surface area contributed by atoms with E-state index in [0.29, 0.717) is 17.9 Å². The van der Waals surface area contributed by atoms with Crippen molar-refractivity contribution in [1.29, 1.82) is 0 Å². The number of carbonyl (C=O) groups is 1. The molecule has 1 aliphatic heterocycles. The molecule has 0 unspecified atom stereocenters. The first-order valence-corrected chi connectivity index (χ1v) is 7.17. The lowest BCUT2D eigenvalue weighted by atomic mass is 9.85. The van der Waals surface area contributed by atoms with E-state index in [9.17, 15) is 4.79 Å². The Hall–Kier alpha value is -0.570. The summed E-state index contributed by atoms with van der Waals surface area (Å²) in [6, 6.07) is 0.513. The van der Waals surface area contributed by atoms with Crippen LogP contribution in [0.5, 0.6) is 0 Å². The summed E-state index contributed by atoms with van der Waals surface area (Å²) >= 11 is 0. The number of piperidine rings is 1. The summed E-state index contributed by atoms with van der Waals surface area (Å²) in [5.41, 5.74) is 0. The highest BCUT2D eigenvalue weighted by Crippen LogP contribution is 2.23. The van der Waals surface area contributed by atoms with Crippen molar-refractivity contribution in [3.63, 3.8) is 0 Å². The van der Waals surface area contributed by atoms with E-state index in [1.807, 2.05) is 0 Å². The summed E-state index contributed by atoms with van der Waals surface area (Å²) in [5, 5.41) is 6.42. The molecule has 0 radical (unpaired) electrons. The fourth-order valence-electron chi connectivity index (χ4n) is 2.12. The molecule has 1 saturated heterocycles.